The molecule has 132 valence electrons. The standard InChI is InChI=1S/C16H28N2O5/c1-7-12(17-10(2)19)16(8-11(9-16)13(20)22-6)18-14(21)23-15(3,4)5/h11-12H,7-9H2,1-6H3,(H,17,19)(H,18,21). The Morgan fingerprint density at radius 3 is 2.22 bits per heavy atom. The first-order valence-electron chi connectivity index (χ1n) is 7.89. The maximum absolute atomic E-state index is 12.2. The van der Waals surface area contributed by atoms with Gasteiger partial charge in [0.05, 0.1) is 24.6 Å². The Bertz CT molecular complexity index is 464. The van der Waals surface area contributed by atoms with Crippen molar-refractivity contribution >= 4 is 18.0 Å². The van der Waals surface area contributed by atoms with E-state index in [0.29, 0.717) is 19.3 Å². The number of amides is 2. The molecule has 0 aromatic heterocycles. The van der Waals surface area contributed by atoms with E-state index in [-0.39, 0.29) is 23.8 Å². The molecule has 0 aromatic rings. The quantitative estimate of drug-likeness (QED) is 0.750. The molecular weight excluding hydrogens is 300 g/mol. The molecule has 2 N–H and O–H groups in total. The molecule has 0 radical (unpaired) electrons. The number of rotatable bonds is 5. The topological polar surface area (TPSA) is 93.7 Å². The smallest absolute Gasteiger partial charge is 0.408 e. The molecule has 1 saturated carbocycles. The van der Waals surface area contributed by atoms with E-state index >= 15 is 0 Å². The van der Waals surface area contributed by atoms with Gasteiger partial charge in [0.2, 0.25) is 5.91 Å². The lowest BCUT2D eigenvalue weighted by molar-refractivity contribution is -0.152. The van der Waals surface area contributed by atoms with E-state index in [9.17, 15) is 14.4 Å². The predicted molar refractivity (Wildman–Crippen MR) is 84.7 cm³/mol. The fourth-order valence-electron chi connectivity index (χ4n) is 3.01. The van der Waals surface area contributed by atoms with Crippen LogP contribution in [-0.2, 0) is 19.1 Å². The molecule has 0 saturated heterocycles. The van der Waals surface area contributed by atoms with E-state index in [4.69, 9.17) is 9.47 Å². The zero-order chi connectivity index (χ0) is 17.8. The molecule has 7 heteroatoms. The summed E-state index contributed by atoms with van der Waals surface area (Å²) in [5.41, 5.74) is -1.31. The predicted octanol–water partition coefficient (Wildman–Crippen LogP) is 1.75. The summed E-state index contributed by atoms with van der Waals surface area (Å²) in [6, 6.07) is -0.270. The number of esters is 1. The molecule has 1 fully saturated rings. The molecule has 1 aliphatic carbocycles. The average Bonchev–Trinajstić information content (AvgIpc) is 2.36. The Balaban J connectivity index is 2.88. The molecule has 0 aromatic carbocycles. The molecule has 0 bridgehead atoms. The van der Waals surface area contributed by atoms with Crippen LogP contribution in [0.3, 0.4) is 0 Å². The van der Waals surface area contributed by atoms with E-state index in [0.717, 1.165) is 0 Å². The van der Waals surface area contributed by atoms with Gasteiger partial charge in [0, 0.05) is 6.92 Å². The maximum Gasteiger partial charge on any atom is 0.408 e. The molecule has 7 nitrogen and oxygen atoms in total. The fourth-order valence-corrected chi connectivity index (χ4v) is 3.01. The van der Waals surface area contributed by atoms with E-state index in [1.165, 1.54) is 14.0 Å². The fraction of sp³-hybridized carbons (Fsp3) is 0.812. The third-order valence-corrected chi connectivity index (χ3v) is 3.96. The molecule has 1 atom stereocenters. The van der Waals surface area contributed by atoms with Crippen LogP contribution in [0.5, 0.6) is 0 Å². The van der Waals surface area contributed by atoms with Crippen molar-refractivity contribution in [3.63, 3.8) is 0 Å². The summed E-state index contributed by atoms with van der Waals surface area (Å²) >= 11 is 0. The first-order valence-corrected chi connectivity index (χ1v) is 7.89. The number of hydrogen-bond acceptors (Lipinski definition) is 5. The lowest BCUT2D eigenvalue weighted by Gasteiger charge is -2.51. The van der Waals surface area contributed by atoms with Crippen molar-refractivity contribution in [3.05, 3.63) is 0 Å². The number of hydrogen-bond donors (Lipinski definition) is 2. The van der Waals surface area contributed by atoms with E-state index < -0.39 is 17.2 Å². The van der Waals surface area contributed by atoms with Crippen molar-refractivity contribution in [2.45, 2.75) is 71.1 Å². The third-order valence-electron chi connectivity index (χ3n) is 3.96. The number of carbonyl (C=O) groups is 3. The van der Waals surface area contributed by atoms with Crippen LogP contribution < -0.4 is 10.6 Å². The summed E-state index contributed by atoms with van der Waals surface area (Å²) < 4.78 is 10.1. The van der Waals surface area contributed by atoms with Gasteiger partial charge in [-0.05, 0) is 40.0 Å². The summed E-state index contributed by atoms with van der Waals surface area (Å²) in [6.45, 7) is 8.69. The number of methoxy groups -OCH3 is 1. The highest BCUT2D eigenvalue weighted by atomic mass is 16.6. The van der Waals surface area contributed by atoms with Gasteiger partial charge in [0.1, 0.15) is 5.60 Å². The Labute approximate surface area is 137 Å². The highest BCUT2D eigenvalue weighted by molar-refractivity contribution is 5.77. The molecule has 0 aliphatic heterocycles. The minimum Gasteiger partial charge on any atom is -0.469 e. The van der Waals surface area contributed by atoms with Crippen LogP contribution in [-0.4, -0.2) is 42.3 Å². The third kappa shape index (κ3) is 5.11. The molecule has 23 heavy (non-hydrogen) atoms. The minimum absolute atomic E-state index is 0.177. The van der Waals surface area contributed by atoms with Crippen LogP contribution in [0.4, 0.5) is 4.79 Å². The summed E-state index contributed by atoms with van der Waals surface area (Å²) in [5, 5.41) is 5.72. The molecular formula is C16H28N2O5. The highest BCUT2D eigenvalue weighted by Gasteiger charge is 2.54. The van der Waals surface area contributed by atoms with E-state index in [1.54, 1.807) is 20.8 Å². The normalized spacial score (nSPS) is 24.9. The van der Waals surface area contributed by atoms with E-state index in [1.807, 2.05) is 6.92 Å². The summed E-state index contributed by atoms with van der Waals surface area (Å²) in [4.78, 5) is 35.3. The number of ether oxygens (including phenoxy) is 2. The second kappa shape index (κ2) is 7.19. The van der Waals surface area contributed by atoms with Crippen LogP contribution in [0.25, 0.3) is 0 Å². The largest absolute Gasteiger partial charge is 0.469 e. The van der Waals surface area contributed by atoms with Crippen LogP contribution >= 0.6 is 0 Å². The summed E-state index contributed by atoms with van der Waals surface area (Å²) in [6.07, 6.45) is 0.906. The van der Waals surface area contributed by atoms with Crippen molar-refractivity contribution in [2.75, 3.05) is 7.11 Å². The second-order valence-electron chi connectivity index (χ2n) is 7.07. The van der Waals surface area contributed by atoms with Crippen molar-refractivity contribution in [2.24, 2.45) is 5.92 Å². The van der Waals surface area contributed by atoms with Crippen LogP contribution in [0, 0.1) is 5.92 Å². The number of alkyl carbamates (subject to hydrolysis) is 1. The van der Waals surface area contributed by atoms with E-state index in [2.05, 4.69) is 10.6 Å². The van der Waals surface area contributed by atoms with Crippen molar-refractivity contribution in [1.82, 2.24) is 10.6 Å². The monoisotopic (exact) mass is 328 g/mol. The number of nitrogens with one attached hydrogen (secondary N) is 2. The van der Waals surface area contributed by atoms with Gasteiger partial charge in [0.15, 0.2) is 0 Å². The summed E-state index contributed by atoms with van der Waals surface area (Å²) in [7, 11) is 1.34. The molecule has 2 amide bonds. The van der Waals surface area contributed by atoms with Crippen LogP contribution in [0.1, 0.15) is 53.9 Å². The van der Waals surface area contributed by atoms with Crippen molar-refractivity contribution in [3.8, 4) is 0 Å². The summed E-state index contributed by atoms with van der Waals surface area (Å²) in [5.74, 6) is -0.759. The SMILES string of the molecule is CCC(NC(C)=O)C1(NC(=O)OC(C)(C)C)CC(C(=O)OC)C1. The zero-order valence-electron chi connectivity index (χ0n) is 14.8. The van der Waals surface area contributed by atoms with Gasteiger partial charge in [-0.2, -0.15) is 0 Å². The minimum atomic E-state index is -0.693. The lowest BCUT2D eigenvalue weighted by Crippen LogP contribution is -2.69. The first-order chi connectivity index (χ1) is 10.5. The number of carbonyl (C=O) groups excluding carboxylic acids is 3. The van der Waals surface area contributed by atoms with Gasteiger partial charge in [-0.3, -0.25) is 9.59 Å². The Morgan fingerprint density at radius 2 is 1.83 bits per heavy atom. The van der Waals surface area contributed by atoms with Gasteiger partial charge in [-0.25, -0.2) is 4.79 Å². The van der Waals surface area contributed by atoms with Gasteiger partial charge in [-0.15, -0.1) is 0 Å². The highest BCUT2D eigenvalue weighted by Crippen LogP contribution is 2.42. The Hall–Kier alpha value is -1.79. The Morgan fingerprint density at radius 1 is 1.26 bits per heavy atom. The molecule has 0 spiro atoms. The molecule has 0 heterocycles. The van der Waals surface area contributed by atoms with Gasteiger partial charge in [-0.1, -0.05) is 6.92 Å². The van der Waals surface area contributed by atoms with Gasteiger partial charge in [0.25, 0.3) is 0 Å². The maximum atomic E-state index is 12.2. The van der Waals surface area contributed by atoms with Gasteiger partial charge >= 0.3 is 12.1 Å². The molecule has 1 unspecified atom stereocenters. The van der Waals surface area contributed by atoms with Crippen LogP contribution in [0.2, 0.25) is 0 Å². The average molecular weight is 328 g/mol. The lowest BCUT2D eigenvalue weighted by atomic mass is 9.63. The zero-order valence-corrected chi connectivity index (χ0v) is 14.8. The first kappa shape index (κ1) is 19.3. The molecule has 1 rings (SSSR count). The Kier molecular flexibility index (Phi) is 6.02. The molecule has 1 aliphatic rings. The van der Waals surface area contributed by atoms with Crippen molar-refractivity contribution < 1.29 is 23.9 Å². The van der Waals surface area contributed by atoms with Crippen LogP contribution in [0.15, 0.2) is 0 Å². The van der Waals surface area contributed by atoms with Crippen molar-refractivity contribution in [1.29, 1.82) is 0 Å². The second-order valence-corrected chi connectivity index (χ2v) is 7.07. The van der Waals surface area contributed by atoms with Gasteiger partial charge < -0.3 is 20.1 Å².